The normalized spacial score (nSPS) is 10.8. The molecular weight excluding hydrogens is 564 g/mol. The highest BCUT2D eigenvalue weighted by Gasteiger charge is 2.12. The summed E-state index contributed by atoms with van der Waals surface area (Å²) < 4.78 is 5.85. The molecule has 0 radical (unpaired) electrons. The van der Waals surface area contributed by atoms with Crippen LogP contribution in [0.3, 0.4) is 0 Å². The highest BCUT2D eigenvalue weighted by atomic mass is 32.2. The Hall–Kier alpha value is -4.87. The van der Waals surface area contributed by atoms with Crippen molar-refractivity contribution in [1.29, 1.82) is 0 Å². The van der Waals surface area contributed by atoms with Crippen molar-refractivity contribution in [1.82, 2.24) is 20.6 Å². The number of nitrogens with zero attached hydrogens (tertiary/aromatic N) is 2. The standard InChI is InChI=1S/C32H34N6O4S/c1-2-42-29-7-4-3-6-27(29)26-14-9-23(21-43-25-12-10-24(39)11-13-25)37-28(26)15-17-31(40)34-18-5-19-35-32(41)22-8-16-30(38-33)36-20-22/h3-4,6-17,20,39H,2,5,18-19,21,33H2,1H3,(H,34,40)(H,35,41)(H,36,38)/b17-15+. The maximum atomic E-state index is 12.6. The summed E-state index contributed by atoms with van der Waals surface area (Å²) in [6.07, 6.45) is 5.16. The zero-order valence-corrected chi connectivity index (χ0v) is 24.6. The number of aromatic hydroxyl groups is 1. The van der Waals surface area contributed by atoms with E-state index in [4.69, 9.17) is 15.6 Å². The number of aromatic nitrogens is 2. The van der Waals surface area contributed by atoms with Crippen molar-refractivity contribution >= 4 is 35.5 Å². The summed E-state index contributed by atoms with van der Waals surface area (Å²) in [4.78, 5) is 34.8. The van der Waals surface area contributed by atoms with Crippen molar-refractivity contribution in [2.45, 2.75) is 24.0 Å². The Labute approximate surface area is 254 Å². The molecule has 0 bridgehead atoms. The van der Waals surface area contributed by atoms with Gasteiger partial charge in [0, 0.05) is 47.1 Å². The number of nitrogens with one attached hydrogen (secondary N) is 3. The number of phenolic OH excluding ortho intramolecular Hbond substituents is 1. The van der Waals surface area contributed by atoms with Crippen LogP contribution in [0.1, 0.15) is 35.1 Å². The van der Waals surface area contributed by atoms with E-state index >= 15 is 0 Å². The first-order valence-electron chi connectivity index (χ1n) is 13.8. The number of ether oxygens (including phenoxy) is 1. The molecule has 4 rings (SSSR count). The highest BCUT2D eigenvalue weighted by molar-refractivity contribution is 7.98. The molecule has 0 saturated carbocycles. The zero-order chi connectivity index (χ0) is 30.4. The monoisotopic (exact) mass is 598 g/mol. The lowest BCUT2D eigenvalue weighted by Crippen LogP contribution is -2.29. The lowest BCUT2D eigenvalue weighted by atomic mass is 10.0. The quantitative estimate of drug-likeness (QED) is 0.0454. The van der Waals surface area contributed by atoms with Crippen molar-refractivity contribution in [2.75, 3.05) is 25.1 Å². The van der Waals surface area contributed by atoms with Crippen LogP contribution < -0.4 is 26.6 Å². The summed E-state index contributed by atoms with van der Waals surface area (Å²) in [6.45, 7) is 3.23. The summed E-state index contributed by atoms with van der Waals surface area (Å²) in [7, 11) is 0. The van der Waals surface area contributed by atoms with Gasteiger partial charge in [-0.2, -0.15) is 0 Å². The topological polar surface area (TPSA) is 151 Å². The van der Waals surface area contributed by atoms with E-state index in [2.05, 4.69) is 21.0 Å². The van der Waals surface area contributed by atoms with Crippen molar-refractivity contribution in [3.8, 4) is 22.6 Å². The molecule has 0 aliphatic rings. The molecule has 0 fully saturated rings. The molecule has 11 heteroatoms. The van der Waals surface area contributed by atoms with Crippen molar-refractivity contribution in [3.63, 3.8) is 0 Å². The van der Waals surface area contributed by atoms with Gasteiger partial charge in [-0.05, 0) is 68.0 Å². The van der Waals surface area contributed by atoms with Crippen LogP contribution in [0.25, 0.3) is 17.2 Å². The Morgan fingerprint density at radius 1 is 0.977 bits per heavy atom. The number of pyridine rings is 2. The molecule has 2 heterocycles. The molecule has 2 amide bonds. The molecule has 4 aromatic rings. The van der Waals surface area contributed by atoms with E-state index in [9.17, 15) is 14.7 Å². The van der Waals surface area contributed by atoms with Crippen LogP contribution in [-0.2, 0) is 10.5 Å². The van der Waals surface area contributed by atoms with Gasteiger partial charge < -0.3 is 25.9 Å². The van der Waals surface area contributed by atoms with Crippen LogP contribution >= 0.6 is 11.8 Å². The summed E-state index contributed by atoms with van der Waals surface area (Å²) in [5.74, 6) is 6.81. The number of nitrogen functional groups attached to an aromatic ring is 1. The van der Waals surface area contributed by atoms with E-state index in [1.165, 1.54) is 12.3 Å². The molecular formula is C32H34N6O4S. The van der Waals surface area contributed by atoms with E-state index in [0.717, 1.165) is 27.5 Å². The van der Waals surface area contributed by atoms with Gasteiger partial charge in [-0.25, -0.2) is 10.8 Å². The number of thioether (sulfide) groups is 1. The van der Waals surface area contributed by atoms with Crippen molar-refractivity contribution in [3.05, 3.63) is 102 Å². The fourth-order valence-corrected chi connectivity index (χ4v) is 4.86. The van der Waals surface area contributed by atoms with Gasteiger partial charge in [-0.15, -0.1) is 11.8 Å². The Bertz CT molecular complexity index is 1540. The minimum atomic E-state index is -0.268. The largest absolute Gasteiger partial charge is 0.508 e. The van der Waals surface area contributed by atoms with Crippen molar-refractivity contribution < 1.29 is 19.4 Å². The molecule has 2 aromatic heterocycles. The number of carbonyl (C=O) groups is 2. The number of hydrogen-bond donors (Lipinski definition) is 5. The maximum absolute atomic E-state index is 12.6. The van der Waals surface area contributed by atoms with E-state index < -0.39 is 0 Å². The number of hydrazine groups is 1. The van der Waals surface area contributed by atoms with Gasteiger partial charge in [0.25, 0.3) is 5.91 Å². The average Bonchev–Trinajstić information content (AvgIpc) is 3.04. The lowest BCUT2D eigenvalue weighted by molar-refractivity contribution is -0.116. The molecule has 0 aliphatic heterocycles. The van der Waals surface area contributed by atoms with Crippen LogP contribution in [0.15, 0.2) is 90.0 Å². The summed E-state index contributed by atoms with van der Waals surface area (Å²) in [6, 6.07) is 22.0. The number of nitrogens with two attached hydrogens (primary N) is 1. The first-order chi connectivity index (χ1) is 21.0. The van der Waals surface area contributed by atoms with Crippen LogP contribution in [0, 0.1) is 0 Å². The molecule has 222 valence electrons. The van der Waals surface area contributed by atoms with Gasteiger partial charge in [0.2, 0.25) is 5.91 Å². The van der Waals surface area contributed by atoms with Gasteiger partial charge in [0.05, 0.1) is 23.6 Å². The van der Waals surface area contributed by atoms with Crippen molar-refractivity contribution in [2.24, 2.45) is 5.84 Å². The predicted octanol–water partition coefficient (Wildman–Crippen LogP) is 4.78. The second-order valence-electron chi connectivity index (χ2n) is 9.26. The van der Waals surface area contributed by atoms with E-state index in [0.29, 0.717) is 48.9 Å². The third-order valence-corrected chi connectivity index (χ3v) is 7.23. The van der Waals surface area contributed by atoms with Crippen LogP contribution in [0.4, 0.5) is 5.82 Å². The predicted molar refractivity (Wildman–Crippen MR) is 170 cm³/mol. The van der Waals surface area contributed by atoms with Crippen LogP contribution in [0.2, 0.25) is 0 Å². The Morgan fingerprint density at radius 2 is 1.77 bits per heavy atom. The third kappa shape index (κ3) is 9.32. The first-order valence-corrected chi connectivity index (χ1v) is 14.8. The lowest BCUT2D eigenvalue weighted by Gasteiger charge is -2.13. The zero-order valence-electron chi connectivity index (χ0n) is 23.7. The number of para-hydroxylation sites is 1. The van der Waals surface area contributed by atoms with E-state index in [1.54, 1.807) is 42.1 Å². The summed E-state index contributed by atoms with van der Waals surface area (Å²) in [5, 5.41) is 15.2. The minimum Gasteiger partial charge on any atom is -0.508 e. The number of anilines is 1. The molecule has 0 saturated heterocycles. The Balaban J connectivity index is 1.39. The molecule has 6 N–H and O–H groups in total. The van der Waals surface area contributed by atoms with Gasteiger partial charge in [0.1, 0.15) is 17.3 Å². The number of rotatable bonds is 14. The summed E-state index contributed by atoms with van der Waals surface area (Å²) >= 11 is 1.60. The second-order valence-corrected chi connectivity index (χ2v) is 10.3. The number of benzene rings is 2. The SMILES string of the molecule is CCOc1ccccc1-c1ccc(CSc2ccc(O)cc2)nc1/C=C/C(=O)NCCCNC(=O)c1ccc(NN)nc1. The minimum absolute atomic E-state index is 0.222. The van der Waals surface area contributed by atoms with E-state index in [-0.39, 0.29) is 17.6 Å². The number of carbonyl (C=O) groups excluding carboxylic acids is 2. The average molecular weight is 599 g/mol. The van der Waals surface area contributed by atoms with Gasteiger partial charge in [-0.3, -0.25) is 14.6 Å². The molecule has 0 spiro atoms. The molecule has 2 aromatic carbocycles. The Morgan fingerprint density at radius 3 is 2.51 bits per heavy atom. The Kier molecular flexibility index (Phi) is 11.5. The number of hydrogen-bond acceptors (Lipinski definition) is 9. The third-order valence-electron chi connectivity index (χ3n) is 6.19. The van der Waals surface area contributed by atoms with Gasteiger partial charge >= 0.3 is 0 Å². The fourth-order valence-electron chi connectivity index (χ4n) is 4.05. The highest BCUT2D eigenvalue weighted by Crippen LogP contribution is 2.33. The number of amides is 2. The molecule has 0 unspecified atom stereocenters. The summed E-state index contributed by atoms with van der Waals surface area (Å²) in [5.41, 5.74) is 6.05. The smallest absolute Gasteiger partial charge is 0.252 e. The molecule has 0 aliphatic carbocycles. The molecule has 0 atom stereocenters. The molecule has 43 heavy (non-hydrogen) atoms. The van der Waals surface area contributed by atoms with Gasteiger partial charge in [-0.1, -0.05) is 24.3 Å². The first kappa shape index (κ1) is 31.1. The maximum Gasteiger partial charge on any atom is 0.252 e. The fraction of sp³-hybridized carbons (Fsp3) is 0.188. The second kappa shape index (κ2) is 15.9. The van der Waals surface area contributed by atoms with Crippen LogP contribution in [-0.4, -0.2) is 46.6 Å². The number of phenols is 1. The van der Waals surface area contributed by atoms with Crippen LogP contribution in [0.5, 0.6) is 11.5 Å². The van der Waals surface area contributed by atoms with Gasteiger partial charge in [0.15, 0.2) is 0 Å². The van der Waals surface area contributed by atoms with E-state index in [1.807, 2.05) is 55.5 Å². The molecule has 10 nitrogen and oxygen atoms in total.